The minimum Gasteiger partial charge on any atom is -0.455 e. The van der Waals surface area contributed by atoms with Gasteiger partial charge in [0.1, 0.15) is 17.2 Å². The molecular weight excluding hydrogens is 414 g/mol. The monoisotopic (exact) mass is 433 g/mol. The second-order valence-electron chi connectivity index (χ2n) is 7.52. The van der Waals surface area contributed by atoms with Gasteiger partial charge in [-0.3, -0.25) is 14.8 Å². The standard InChI is InChI=1S/C23H20ClN5O2/c1-14(30)29-8-4-6-21(29)17-10-19-20(28-23(27-19)18-5-2-3-7-26-18)11-22(17)31-16-9-15(24)12-25-13-16/h2-3,5,7,9-13,21H,4,6,8H2,1H3,(H,27,28). The molecule has 4 heterocycles. The van der Waals surface area contributed by atoms with Crippen molar-refractivity contribution in [3.8, 4) is 23.0 Å². The highest BCUT2D eigenvalue weighted by atomic mass is 35.5. The molecule has 0 aliphatic carbocycles. The van der Waals surface area contributed by atoms with Crippen molar-refractivity contribution in [3.05, 3.63) is 65.6 Å². The molecule has 1 aliphatic heterocycles. The Labute approximate surface area is 184 Å². The number of amides is 1. The normalized spacial score (nSPS) is 16.1. The summed E-state index contributed by atoms with van der Waals surface area (Å²) in [4.78, 5) is 30.7. The number of rotatable bonds is 4. The summed E-state index contributed by atoms with van der Waals surface area (Å²) in [6.45, 7) is 2.34. The van der Waals surface area contributed by atoms with Gasteiger partial charge in [-0.05, 0) is 31.0 Å². The van der Waals surface area contributed by atoms with Crippen molar-refractivity contribution in [1.29, 1.82) is 0 Å². The molecule has 7 nitrogen and oxygen atoms in total. The Hall–Kier alpha value is -3.45. The summed E-state index contributed by atoms with van der Waals surface area (Å²) in [6, 6.07) is 11.3. The van der Waals surface area contributed by atoms with Crippen LogP contribution in [-0.2, 0) is 4.79 Å². The van der Waals surface area contributed by atoms with E-state index in [4.69, 9.17) is 21.3 Å². The number of hydrogen-bond donors (Lipinski definition) is 1. The number of aromatic nitrogens is 4. The first-order chi connectivity index (χ1) is 15.1. The van der Waals surface area contributed by atoms with Gasteiger partial charge in [-0.1, -0.05) is 17.7 Å². The predicted octanol–water partition coefficient (Wildman–Crippen LogP) is 5.15. The number of pyridine rings is 2. The third-order valence-corrected chi connectivity index (χ3v) is 5.65. The number of aromatic amines is 1. The van der Waals surface area contributed by atoms with Crippen LogP contribution in [0.1, 0.15) is 31.4 Å². The zero-order chi connectivity index (χ0) is 21.4. The van der Waals surface area contributed by atoms with Gasteiger partial charge < -0.3 is 14.6 Å². The number of likely N-dealkylation sites (tertiary alicyclic amines) is 1. The lowest BCUT2D eigenvalue weighted by Gasteiger charge is -2.25. The summed E-state index contributed by atoms with van der Waals surface area (Å²) >= 11 is 6.09. The first kappa shape index (κ1) is 19.5. The molecule has 1 atom stereocenters. The van der Waals surface area contributed by atoms with Crippen molar-refractivity contribution in [2.45, 2.75) is 25.8 Å². The van der Waals surface area contributed by atoms with E-state index in [1.54, 1.807) is 31.6 Å². The van der Waals surface area contributed by atoms with Gasteiger partial charge in [-0.2, -0.15) is 0 Å². The zero-order valence-electron chi connectivity index (χ0n) is 16.9. The van der Waals surface area contributed by atoms with Crippen molar-refractivity contribution in [1.82, 2.24) is 24.8 Å². The fourth-order valence-corrected chi connectivity index (χ4v) is 4.23. The maximum absolute atomic E-state index is 12.2. The molecule has 1 aromatic carbocycles. The summed E-state index contributed by atoms with van der Waals surface area (Å²) in [5.41, 5.74) is 3.30. The van der Waals surface area contributed by atoms with Gasteiger partial charge in [0.15, 0.2) is 5.82 Å². The molecular formula is C23H20ClN5O2. The van der Waals surface area contributed by atoms with Gasteiger partial charge in [0, 0.05) is 43.6 Å². The van der Waals surface area contributed by atoms with E-state index in [2.05, 4.69) is 15.0 Å². The molecule has 0 bridgehead atoms. The minimum absolute atomic E-state index is 0.0526. The summed E-state index contributed by atoms with van der Waals surface area (Å²) in [5, 5.41) is 0.489. The number of hydrogen-bond acceptors (Lipinski definition) is 5. The molecule has 3 aromatic heterocycles. The largest absolute Gasteiger partial charge is 0.455 e. The molecule has 1 fully saturated rings. The first-order valence-corrected chi connectivity index (χ1v) is 10.5. The second kappa shape index (κ2) is 8.00. The Morgan fingerprint density at radius 1 is 1.26 bits per heavy atom. The summed E-state index contributed by atoms with van der Waals surface area (Å²) in [6.07, 6.45) is 6.72. The molecule has 0 radical (unpaired) electrons. The van der Waals surface area contributed by atoms with Crippen LogP contribution in [0, 0.1) is 0 Å². The number of H-pyrrole nitrogens is 1. The average Bonchev–Trinajstić information content (AvgIpc) is 3.41. The van der Waals surface area contributed by atoms with E-state index in [9.17, 15) is 4.79 Å². The number of benzene rings is 1. The molecule has 1 N–H and O–H groups in total. The molecule has 0 spiro atoms. The lowest BCUT2D eigenvalue weighted by atomic mass is 10.0. The highest BCUT2D eigenvalue weighted by Gasteiger charge is 2.31. The van der Waals surface area contributed by atoms with E-state index in [-0.39, 0.29) is 11.9 Å². The minimum atomic E-state index is -0.0642. The SMILES string of the molecule is CC(=O)N1CCCC1c1cc2[nH]c(-c3ccccn3)nc2cc1Oc1cncc(Cl)c1. The molecule has 156 valence electrons. The van der Waals surface area contributed by atoms with E-state index >= 15 is 0 Å². The van der Waals surface area contributed by atoms with Crippen LogP contribution in [0.3, 0.4) is 0 Å². The quantitative estimate of drug-likeness (QED) is 0.481. The number of fused-ring (bicyclic) bond motifs is 1. The molecule has 1 unspecified atom stereocenters. The van der Waals surface area contributed by atoms with Crippen LogP contribution in [0.5, 0.6) is 11.5 Å². The summed E-state index contributed by atoms with van der Waals surface area (Å²) in [7, 11) is 0. The second-order valence-corrected chi connectivity index (χ2v) is 7.96. The Kier molecular flexibility index (Phi) is 5.03. The predicted molar refractivity (Wildman–Crippen MR) is 118 cm³/mol. The van der Waals surface area contributed by atoms with Gasteiger partial charge in [0.25, 0.3) is 0 Å². The highest BCUT2D eigenvalue weighted by molar-refractivity contribution is 6.30. The average molecular weight is 434 g/mol. The third-order valence-electron chi connectivity index (χ3n) is 5.44. The van der Waals surface area contributed by atoms with Gasteiger partial charge in [-0.15, -0.1) is 0 Å². The Bertz CT molecular complexity index is 1260. The lowest BCUT2D eigenvalue weighted by molar-refractivity contribution is -0.129. The Morgan fingerprint density at radius 2 is 2.16 bits per heavy atom. The molecule has 1 saturated heterocycles. The smallest absolute Gasteiger partial charge is 0.219 e. The van der Waals surface area contributed by atoms with Crippen molar-refractivity contribution in [2.24, 2.45) is 0 Å². The van der Waals surface area contributed by atoms with Gasteiger partial charge >= 0.3 is 0 Å². The Balaban J connectivity index is 1.63. The number of carbonyl (C=O) groups is 1. The number of imidazole rings is 1. The summed E-state index contributed by atoms with van der Waals surface area (Å²) in [5.74, 6) is 1.89. The zero-order valence-corrected chi connectivity index (χ0v) is 17.6. The van der Waals surface area contributed by atoms with E-state index in [0.29, 0.717) is 22.3 Å². The third kappa shape index (κ3) is 3.84. The summed E-state index contributed by atoms with van der Waals surface area (Å²) < 4.78 is 6.20. The van der Waals surface area contributed by atoms with Gasteiger partial charge in [0.2, 0.25) is 5.91 Å². The van der Waals surface area contributed by atoms with Crippen LogP contribution >= 0.6 is 11.6 Å². The van der Waals surface area contributed by atoms with E-state index in [0.717, 1.165) is 41.7 Å². The number of nitrogens with zero attached hydrogens (tertiary/aromatic N) is 4. The first-order valence-electron chi connectivity index (χ1n) is 10.1. The van der Waals surface area contributed by atoms with E-state index in [1.165, 1.54) is 0 Å². The molecule has 31 heavy (non-hydrogen) atoms. The molecule has 5 rings (SSSR count). The van der Waals surface area contributed by atoms with Crippen LogP contribution in [-0.4, -0.2) is 37.3 Å². The molecule has 1 aliphatic rings. The van der Waals surface area contributed by atoms with Crippen LogP contribution in [0.4, 0.5) is 0 Å². The van der Waals surface area contributed by atoms with Gasteiger partial charge in [0.05, 0.1) is 28.3 Å². The van der Waals surface area contributed by atoms with E-state index in [1.807, 2.05) is 35.2 Å². The van der Waals surface area contributed by atoms with Crippen LogP contribution < -0.4 is 4.74 Å². The molecule has 0 saturated carbocycles. The van der Waals surface area contributed by atoms with Crippen molar-refractivity contribution >= 4 is 28.5 Å². The van der Waals surface area contributed by atoms with Crippen molar-refractivity contribution in [3.63, 3.8) is 0 Å². The highest BCUT2D eigenvalue weighted by Crippen LogP contribution is 2.41. The molecule has 8 heteroatoms. The number of halogens is 1. The Morgan fingerprint density at radius 3 is 2.94 bits per heavy atom. The number of ether oxygens (including phenoxy) is 1. The van der Waals surface area contributed by atoms with Crippen molar-refractivity contribution in [2.75, 3.05) is 6.54 Å². The van der Waals surface area contributed by atoms with Crippen LogP contribution in [0.15, 0.2) is 55.0 Å². The van der Waals surface area contributed by atoms with Crippen LogP contribution in [0.2, 0.25) is 5.02 Å². The fourth-order valence-electron chi connectivity index (χ4n) is 4.07. The van der Waals surface area contributed by atoms with E-state index < -0.39 is 0 Å². The number of nitrogens with one attached hydrogen (secondary N) is 1. The van der Waals surface area contributed by atoms with Crippen LogP contribution in [0.25, 0.3) is 22.6 Å². The molecule has 4 aromatic rings. The van der Waals surface area contributed by atoms with Crippen molar-refractivity contribution < 1.29 is 9.53 Å². The maximum Gasteiger partial charge on any atom is 0.219 e. The van der Waals surface area contributed by atoms with Gasteiger partial charge in [-0.25, -0.2) is 4.98 Å². The lowest BCUT2D eigenvalue weighted by Crippen LogP contribution is -2.28. The topological polar surface area (TPSA) is 84.0 Å². The maximum atomic E-state index is 12.2. The number of carbonyl (C=O) groups excluding carboxylic acids is 1. The fraction of sp³-hybridized carbons (Fsp3) is 0.217. The molecule has 1 amide bonds.